The van der Waals surface area contributed by atoms with Crippen LogP contribution >= 0.6 is 0 Å². The minimum Gasteiger partial charge on any atom is -0.667 e. The van der Waals surface area contributed by atoms with E-state index in [9.17, 15) is 29.1 Å². The number of carbonyl (C=O) groups is 5. The Morgan fingerprint density at radius 1 is 0.967 bits per heavy atom. The maximum absolute atomic E-state index is 14.4. The predicted molar refractivity (Wildman–Crippen MR) is 236 cm³/mol. The van der Waals surface area contributed by atoms with Crippen molar-refractivity contribution in [3.8, 4) is 5.75 Å². The molecule has 1 aliphatic rings. The predicted octanol–water partition coefficient (Wildman–Crippen LogP) is 5.15. The van der Waals surface area contributed by atoms with E-state index in [1.807, 2.05) is 86.1 Å². The van der Waals surface area contributed by atoms with Crippen molar-refractivity contribution in [3.63, 3.8) is 0 Å². The van der Waals surface area contributed by atoms with Crippen molar-refractivity contribution in [2.24, 2.45) is 23.7 Å². The Kier molecular flexibility index (Phi) is 26.3. The van der Waals surface area contributed by atoms with Crippen molar-refractivity contribution in [1.82, 2.24) is 25.8 Å². The van der Waals surface area contributed by atoms with Gasteiger partial charge in [-0.05, 0) is 75.1 Å². The summed E-state index contributed by atoms with van der Waals surface area (Å²) in [7, 11) is 4.96. The van der Waals surface area contributed by atoms with Gasteiger partial charge in [0.1, 0.15) is 23.6 Å². The zero-order valence-corrected chi connectivity index (χ0v) is 42.0. The molecule has 14 nitrogen and oxygen atoms in total. The molecule has 345 valence electrons. The molecule has 1 aliphatic heterocycles. The van der Waals surface area contributed by atoms with Gasteiger partial charge in [0, 0.05) is 52.7 Å². The number of amides is 4. The summed E-state index contributed by atoms with van der Waals surface area (Å²) >= 11 is 0. The van der Waals surface area contributed by atoms with E-state index in [2.05, 4.69) is 16.0 Å². The number of likely N-dealkylation sites (tertiary alicyclic amines) is 1. The summed E-state index contributed by atoms with van der Waals surface area (Å²) in [5, 5.41) is 20.3. The fraction of sp³-hybridized carbons (Fsp3) is 0.739. The summed E-state index contributed by atoms with van der Waals surface area (Å²) in [6.45, 7) is 17.8. The number of aliphatic hydroxyl groups excluding tert-OH is 1. The van der Waals surface area contributed by atoms with Gasteiger partial charge in [0.05, 0.1) is 44.1 Å². The van der Waals surface area contributed by atoms with Crippen LogP contribution in [0.1, 0.15) is 113 Å². The average molecular weight is 932 g/mol. The first-order valence-corrected chi connectivity index (χ1v) is 22.1. The van der Waals surface area contributed by atoms with Crippen molar-refractivity contribution in [2.45, 2.75) is 162 Å². The molecule has 5 N–H and O–H groups in total. The molecule has 15 heteroatoms. The molecule has 0 unspecified atom stereocenters. The van der Waals surface area contributed by atoms with Gasteiger partial charge < -0.3 is 57.3 Å². The van der Waals surface area contributed by atoms with Gasteiger partial charge in [0.15, 0.2) is 0 Å². The average Bonchev–Trinajstić information content (AvgIpc) is 3.70. The number of ether oxygens (including phenoxy) is 2. The van der Waals surface area contributed by atoms with Gasteiger partial charge in [-0.3, -0.25) is 19.2 Å². The van der Waals surface area contributed by atoms with Crippen molar-refractivity contribution in [2.75, 3.05) is 34.4 Å². The molecule has 1 fully saturated rings. The Balaban J connectivity index is 0.0000186. The summed E-state index contributed by atoms with van der Waals surface area (Å²) in [6.07, 6.45) is 2.97. The van der Waals surface area contributed by atoms with Gasteiger partial charge in [0.25, 0.3) is 0 Å². The van der Waals surface area contributed by atoms with Crippen LogP contribution in [-0.4, -0.2) is 127 Å². The maximum atomic E-state index is 14.4. The molecule has 0 spiro atoms. The molecule has 2 rings (SSSR count). The van der Waals surface area contributed by atoms with Crippen LogP contribution < -0.4 is 20.7 Å². The second-order valence-electron chi connectivity index (χ2n) is 17.9. The molecule has 1 heterocycles. The second-order valence-corrected chi connectivity index (χ2v) is 17.9. The Labute approximate surface area is 392 Å². The van der Waals surface area contributed by atoms with Crippen LogP contribution in [0.2, 0.25) is 0 Å². The summed E-state index contributed by atoms with van der Waals surface area (Å²) in [4.78, 5) is 71.8. The fourth-order valence-electron chi connectivity index (χ4n) is 7.59. The molecule has 4 amide bonds. The molecule has 1 saturated heterocycles. The van der Waals surface area contributed by atoms with Crippen LogP contribution in [0, 0.1) is 30.1 Å². The zero-order chi connectivity index (χ0) is 45.3. The molecule has 1 aromatic rings. The Morgan fingerprint density at radius 2 is 1.59 bits per heavy atom. The van der Waals surface area contributed by atoms with E-state index in [-0.39, 0.29) is 99.3 Å². The third-order valence-corrected chi connectivity index (χ3v) is 11.6. The number of ketones is 1. The number of benzene rings is 1. The van der Waals surface area contributed by atoms with Crippen molar-refractivity contribution < 1.29 is 71.3 Å². The Morgan fingerprint density at radius 3 is 2.13 bits per heavy atom. The number of rotatable bonds is 27. The standard InChI is InChI=1S/C46H78N6O8.Y/c1-13-31(8)41(40(54)26-35(53)19-16-28(2)3)49-44(56)42(50-43(55)38(48-10)24-30(6)7)32(9)60-27-34(25-33-17-20-36(59-12)21-18-33)51(11)46(58)39-15-14-22-52(39)45(57)37(47)23-29(4)5;/h16-18,20-21,28-32,34,37-42,47-48,54H,13-15,19,22-27H2,1-12H3,(H,49,56)(H,50,55);/q-2;/t31-,32+,34-,37-,38+,39-,40-,41+,42-;/m0./s1. The van der Waals surface area contributed by atoms with Gasteiger partial charge in [0.2, 0.25) is 23.6 Å². The minimum absolute atomic E-state index is 0. The van der Waals surface area contributed by atoms with Crippen molar-refractivity contribution in [3.05, 3.63) is 42.0 Å². The molecule has 1 aromatic carbocycles. The number of likely N-dealkylation sites (N-methyl/N-ethyl adjacent to an activating group) is 2. The van der Waals surface area contributed by atoms with Gasteiger partial charge >= 0.3 is 0 Å². The Hall–Kier alpha value is -2.49. The number of nitrogens with one attached hydrogen (secondary N) is 4. The number of aliphatic hydroxyl groups is 1. The van der Waals surface area contributed by atoms with Crippen molar-refractivity contribution in [1.29, 1.82) is 0 Å². The zero-order valence-electron chi connectivity index (χ0n) is 39.2. The van der Waals surface area contributed by atoms with E-state index >= 15 is 0 Å². The smallest absolute Gasteiger partial charge is 0.245 e. The van der Waals surface area contributed by atoms with Gasteiger partial charge in [-0.15, -0.1) is 6.42 Å². The monoisotopic (exact) mass is 931 g/mol. The SMILES string of the molecule is CC[C@H](C)[C@@H](NC(=O)[C@@H](NC(=O)[C@@H](CC(C)C)NC)[C@@H](C)OC[C@H](Cc1ccc(OC)cc1)N(C)C(=O)[C@@H]1CCCN1C(=O)[C@@H]([NH-])CC(C)C)[C@@H](O)CC(=O)C[CH-]C(C)C.[Y]. The van der Waals surface area contributed by atoms with Crippen LogP contribution in [0.3, 0.4) is 0 Å². The quantitative estimate of drug-likeness (QED) is 0.0866. The topological polar surface area (TPSA) is 190 Å². The maximum Gasteiger partial charge on any atom is 0.245 e. The third kappa shape index (κ3) is 18.6. The summed E-state index contributed by atoms with van der Waals surface area (Å²) in [5.74, 6) is -0.650. The minimum atomic E-state index is -1.20. The molecule has 9 atom stereocenters. The normalized spacial score (nSPS) is 18.0. The number of methoxy groups -OCH3 is 1. The first kappa shape index (κ1) is 56.5. The number of hydrogen-bond acceptors (Lipinski definition) is 9. The number of Topliss-reactive ketones (excluding diaryl/α,β-unsaturated/α-hetero) is 1. The molecule has 0 saturated carbocycles. The number of hydrogen-bond donors (Lipinski definition) is 4. The first-order chi connectivity index (χ1) is 28.2. The van der Waals surface area contributed by atoms with E-state index in [1.165, 1.54) is 0 Å². The van der Waals surface area contributed by atoms with Crippen LogP contribution in [0.25, 0.3) is 5.73 Å². The second kappa shape index (κ2) is 28.3. The molecule has 0 aromatic heterocycles. The van der Waals surface area contributed by atoms with Crippen molar-refractivity contribution >= 4 is 29.4 Å². The molecule has 1 radical (unpaired) electrons. The fourth-order valence-corrected chi connectivity index (χ4v) is 7.59. The first-order valence-electron chi connectivity index (χ1n) is 22.1. The Bertz CT molecular complexity index is 1500. The van der Waals surface area contributed by atoms with Gasteiger partial charge in [-0.2, -0.15) is 5.92 Å². The number of nitrogens with zero attached hydrogens (tertiary/aromatic N) is 2. The van der Waals surface area contributed by atoms with Crippen LogP contribution in [0.5, 0.6) is 5.75 Å². The molecular weight excluding hydrogens is 853 g/mol. The summed E-state index contributed by atoms with van der Waals surface area (Å²) in [6, 6.07) is 2.69. The third-order valence-electron chi connectivity index (χ3n) is 11.6. The summed E-state index contributed by atoms with van der Waals surface area (Å²) in [5.41, 5.74) is 9.40. The largest absolute Gasteiger partial charge is 0.667 e. The van der Waals surface area contributed by atoms with Crippen LogP contribution in [0.15, 0.2) is 24.3 Å². The van der Waals surface area contributed by atoms with E-state index in [0.717, 1.165) is 5.56 Å². The molecule has 0 aliphatic carbocycles. The van der Waals surface area contributed by atoms with Crippen LogP contribution in [0.4, 0.5) is 0 Å². The van der Waals surface area contributed by atoms with Gasteiger partial charge in [-0.25, -0.2) is 0 Å². The van der Waals surface area contributed by atoms with E-state index in [0.29, 0.717) is 50.8 Å². The van der Waals surface area contributed by atoms with E-state index in [1.54, 1.807) is 37.9 Å². The number of carbonyl (C=O) groups excluding carboxylic acids is 5. The summed E-state index contributed by atoms with van der Waals surface area (Å²) < 4.78 is 11.9. The van der Waals surface area contributed by atoms with E-state index in [4.69, 9.17) is 15.2 Å². The molecule has 0 bridgehead atoms. The van der Waals surface area contributed by atoms with Crippen LogP contribution in [-0.2, 0) is 67.8 Å². The van der Waals surface area contributed by atoms with Gasteiger partial charge in [-0.1, -0.05) is 86.4 Å². The molecular formula is C46H78N6O8Y-2. The van der Waals surface area contributed by atoms with E-state index < -0.39 is 54.4 Å². The molecule has 61 heavy (non-hydrogen) atoms.